The standard InChI is InChI=1S/C16H22O4/c1-11-9-19-14-3-2-13(8-15(14)20-10-11)16(17)12-4-6-18-7-5-12/h2-3,8,11-12,16-17H,4-7,9-10H2,1H3. The van der Waals surface area contributed by atoms with E-state index in [1.165, 1.54) is 0 Å². The van der Waals surface area contributed by atoms with Gasteiger partial charge in [-0.1, -0.05) is 13.0 Å². The Morgan fingerprint density at radius 2 is 1.80 bits per heavy atom. The van der Waals surface area contributed by atoms with Gasteiger partial charge in [-0.3, -0.25) is 0 Å². The molecule has 0 aromatic heterocycles. The summed E-state index contributed by atoms with van der Waals surface area (Å²) in [6.45, 7) is 4.91. The lowest BCUT2D eigenvalue weighted by molar-refractivity contribution is 0.00710. The predicted molar refractivity (Wildman–Crippen MR) is 75.1 cm³/mol. The Kier molecular flexibility index (Phi) is 4.13. The molecule has 1 aromatic rings. The van der Waals surface area contributed by atoms with Crippen LogP contribution in [0.5, 0.6) is 11.5 Å². The second-order valence-corrected chi connectivity index (χ2v) is 5.83. The number of hydrogen-bond acceptors (Lipinski definition) is 4. The van der Waals surface area contributed by atoms with Crippen molar-refractivity contribution in [2.45, 2.75) is 25.9 Å². The van der Waals surface area contributed by atoms with Crippen LogP contribution in [0.4, 0.5) is 0 Å². The first-order chi connectivity index (χ1) is 9.74. The van der Waals surface area contributed by atoms with E-state index in [4.69, 9.17) is 14.2 Å². The molecule has 3 rings (SSSR count). The highest BCUT2D eigenvalue weighted by Gasteiger charge is 2.25. The van der Waals surface area contributed by atoms with Crippen molar-refractivity contribution in [2.75, 3.05) is 26.4 Å². The molecule has 0 amide bonds. The fourth-order valence-electron chi connectivity index (χ4n) is 2.76. The molecule has 0 aliphatic carbocycles. The van der Waals surface area contributed by atoms with Crippen molar-refractivity contribution in [3.05, 3.63) is 23.8 Å². The highest BCUT2D eigenvalue weighted by atomic mass is 16.5. The average Bonchev–Trinajstić information content (AvgIpc) is 2.69. The smallest absolute Gasteiger partial charge is 0.161 e. The van der Waals surface area contributed by atoms with Gasteiger partial charge in [-0.25, -0.2) is 0 Å². The number of fused-ring (bicyclic) bond motifs is 1. The summed E-state index contributed by atoms with van der Waals surface area (Å²) in [6.07, 6.45) is 1.37. The largest absolute Gasteiger partial charge is 0.489 e. The summed E-state index contributed by atoms with van der Waals surface area (Å²) >= 11 is 0. The van der Waals surface area contributed by atoms with Crippen LogP contribution in [0.15, 0.2) is 18.2 Å². The predicted octanol–water partition coefficient (Wildman–Crippen LogP) is 2.55. The van der Waals surface area contributed by atoms with Crippen molar-refractivity contribution >= 4 is 0 Å². The zero-order chi connectivity index (χ0) is 13.9. The molecular formula is C16H22O4. The molecule has 4 nitrogen and oxygen atoms in total. The number of benzene rings is 1. The van der Waals surface area contributed by atoms with Crippen molar-refractivity contribution in [3.8, 4) is 11.5 Å². The Balaban J connectivity index is 1.77. The zero-order valence-electron chi connectivity index (χ0n) is 11.9. The van der Waals surface area contributed by atoms with Gasteiger partial charge in [0.1, 0.15) is 0 Å². The maximum atomic E-state index is 10.5. The molecule has 2 atom stereocenters. The Labute approximate surface area is 119 Å². The number of hydrogen-bond donors (Lipinski definition) is 1. The van der Waals surface area contributed by atoms with E-state index < -0.39 is 6.10 Å². The molecular weight excluding hydrogens is 256 g/mol. The fourth-order valence-corrected chi connectivity index (χ4v) is 2.76. The van der Waals surface area contributed by atoms with Gasteiger partial charge < -0.3 is 19.3 Å². The minimum atomic E-state index is -0.450. The number of ether oxygens (including phenoxy) is 3. The van der Waals surface area contributed by atoms with E-state index in [1.807, 2.05) is 18.2 Å². The van der Waals surface area contributed by atoms with Gasteiger partial charge in [0, 0.05) is 19.1 Å². The summed E-state index contributed by atoms with van der Waals surface area (Å²) in [5, 5.41) is 10.5. The maximum absolute atomic E-state index is 10.5. The Morgan fingerprint density at radius 1 is 1.10 bits per heavy atom. The van der Waals surface area contributed by atoms with Crippen LogP contribution >= 0.6 is 0 Å². The molecule has 20 heavy (non-hydrogen) atoms. The van der Waals surface area contributed by atoms with Crippen molar-refractivity contribution in [1.82, 2.24) is 0 Å². The van der Waals surface area contributed by atoms with E-state index in [2.05, 4.69) is 6.92 Å². The number of aliphatic hydroxyl groups is 1. The molecule has 0 radical (unpaired) electrons. The monoisotopic (exact) mass is 278 g/mol. The van der Waals surface area contributed by atoms with Crippen molar-refractivity contribution in [3.63, 3.8) is 0 Å². The Hall–Kier alpha value is -1.26. The molecule has 2 unspecified atom stereocenters. The average molecular weight is 278 g/mol. The van der Waals surface area contributed by atoms with E-state index >= 15 is 0 Å². The van der Waals surface area contributed by atoms with Crippen LogP contribution in [0.3, 0.4) is 0 Å². The molecule has 110 valence electrons. The van der Waals surface area contributed by atoms with Crippen LogP contribution in [-0.2, 0) is 4.74 Å². The van der Waals surface area contributed by atoms with Crippen LogP contribution in [0, 0.1) is 11.8 Å². The molecule has 1 fully saturated rings. The molecule has 2 aliphatic rings. The van der Waals surface area contributed by atoms with E-state index in [9.17, 15) is 5.11 Å². The van der Waals surface area contributed by atoms with Gasteiger partial charge in [-0.15, -0.1) is 0 Å². The Morgan fingerprint density at radius 3 is 2.55 bits per heavy atom. The fraction of sp³-hybridized carbons (Fsp3) is 0.625. The second kappa shape index (κ2) is 6.02. The second-order valence-electron chi connectivity index (χ2n) is 5.83. The Bertz CT molecular complexity index is 454. The summed E-state index contributed by atoms with van der Waals surface area (Å²) in [5.74, 6) is 2.17. The topological polar surface area (TPSA) is 47.9 Å². The maximum Gasteiger partial charge on any atom is 0.161 e. The molecule has 1 N–H and O–H groups in total. The summed E-state index contributed by atoms with van der Waals surface area (Å²) in [6, 6.07) is 5.77. The minimum Gasteiger partial charge on any atom is -0.489 e. The van der Waals surface area contributed by atoms with E-state index in [-0.39, 0.29) is 5.92 Å². The number of rotatable bonds is 2. The lowest BCUT2D eigenvalue weighted by atomic mass is 9.89. The van der Waals surface area contributed by atoms with Gasteiger partial charge in [0.25, 0.3) is 0 Å². The lowest BCUT2D eigenvalue weighted by Crippen LogP contribution is -2.22. The molecule has 1 saturated heterocycles. The van der Waals surface area contributed by atoms with Gasteiger partial charge >= 0.3 is 0 Å². The van der Waals surface area contributed by atoms with Crippen molar-refractivity contribution < 1.29 is 19.3 Å². The lowest BCUT2D eigenvalue weighted by Gasteiger charge is -2.27. The van der Waals surface area contributed by atoms with Crippen molar-refractivity contribution in [1.29, 1.82) is 0 Å². The van der Waals surface area contributed by atoms with Crippen LogP contribution < -0.4 is 9.47 Å². The molecule has 0 bridgehead atoms. The van der Waals surface area contributed by atoms with Gasteiger partial charge in [-0.2, -0.15) is 0 Å². The highest BCUT2D eigenvalue weighted by molar-refractivity contribution is 5.44. The molecule has 2 heterocycles. The van der Waals surface area contributed by atoms with Crippen LogP contribution in [0.25, 0.3) is 0 Å². The normalized spacial score (nSPS) is 25.0. The third-order valence-electron chi connectivity index (χ3n) is 4.07. The van der Waals surface area contributed by atoms with Gasteiger partial charge in [0.15, 0.2) is 11.5 Å². The minimum absolute atomic E-state index is 0.271. The zero-order valence-corrected chi connectivity index (χ0v) is 11.9. The third kappa shape index (κ3) is 2.91. The summed E-state index contributed by atoms with van der Waals surface area (Å²) in [5.41, 5.74) is 0.911. The molecule has 1 aromatic carbocycles. The van der Waals surface area contributed by atoms with Gasteiger partial charge in [-0.05, 0) is 36.5 Å². The first-order valence-corrected chi connectivity index (χ1v) is 7.39. The summed E-state index contributed by atoms with van der Waals surface area (Å²) in [4.78, 5) is 0. The molecule has 0 saturated carbocycles. The van der Waals surface area contributed by atoms with E-state index in [0.717, 1.165) is 43.1 Å². The van der Waals surface area contributed by atoms with Gasteiger partial charge in [0.05, 0.1) is 19.3 Å². The summed E-state index contributed by atoms with van der Waals surface area (Å²) < 4.78 is 16.8. The van der Waals surface area contributed by atoms with Gasteiger partial charge in [0.2, 0.25) is 0 Å². The first kappa shape index (κ1) is 13.7. The van der Waals surface area contributed by atoms with Crippen LogP contribution in [-0.4, -0.2) is 31.5 Å². The van der Waals surface area contributed by atoms with E-state index in [0.29, 0.717) is 19.1 Å². The van der Waals surface area contributed by atoms with Crippen molar-refractivity contribution in [2.24, 2.45) is 11.8 Å². The highest BCUT2D eigenvalue weighted by Crippen LogP contribution is 2.36. The quantitative estimate of drug-likeness (QED) is 0.903. The molecule has 0 spiro atoms. The first-order valence-electron chi connectivity index (χ1n) is 7.39. The van der Waals surface area contributed by atoms with E-state index in [1.54, 1.807) is 0 Å². The van der Waals surface area contributed by atoms with Crippen LogP contribution in [0.1, 0.15) is 31.4 Å². The molecule has 4 heteroatoms. The SMILES string of the molecule is CC1COc2ccc(C(O)C3CCOCC3)cc2OC1. The summed E-state index contributed by atoms with van der Waals surface area (Å²) in [7, 11) is 0. The van der Waals surface area contributed by atoms with Crippen LogP contribution in [0.2, 0.25) is 0 Å². The number of aliphatic hydroxyl groups excluding tert-OH is 1. The molecule has 2 aliphatic heterocycles. The third-order valence-corrected chi connectivity index (χ3v) is 4.07.